The third-order valence-electron chi connectivity index (χ3n) is 5.02. The molecule has 0 fully saturated rings. The van der Waals surface area contributed by atoms with Crippen LogP contribution in [0.15, 0.2) is 41.5 Å². The van der Waals surface area contributed by atoms with Crippen LogP contribution in [-0.4, -0.2) is 18.2 Å². The van der Waals surface area contributed by atoms with E-state index in [0.717, 1.165) is 34.5 Å². The van der Waals surface area contributed by atoms with Crippen molar-refractivity contribution < 1.29 is 4.79 Å². The topological polar surface area (TPSA) is 53.5 Å². The Morgan fingerprint density at radius 3 is 2.46 bits per heavy atom. The van der Waals surface area contributed by atoms with Gasteiger partial charge in [-0.1, -0.05) is 30.3 Å². The largest absolute Gasteiger partial charge is 0.376 e. The van der Waals surface area contributed by atoms with Crippen molar-refractivity contribution in [1.82, 2.24) is 5.43 Å². The van der Waals surface area contributed by atoms with Crippen LogP contribution in [0.4, 0.5) is 5.69 Å². The van der Waals surface area contributed by atoms with Crippen LogP contribution in [0.2, 0.25) is 0 Å². The third-order valence-corrected chi connectivity index (χ3v) is 5.02. The summed E-state index contributed by atoms with van der Waals surface area (Å²) in [7, 11) is 0. The number of rotatable bonds is 5. The molecule has 0 aromatic heterocycles. The van der Waals surface area contributed by atoms with Crippen LogP contribution in [0.1, 0.15) is 47.6 Å². The van der Waals surface area contributed by atoms with Crippen LogP contribution in [0.5, 0.6) is 0 Å². The SMILES string of the molecule is C/C(=N/NC(=O)CNc1c(C)cccc1C)c1ccc2c(c1)CCCC2. The van der Waals surface area contributed by atoms with Crippen LogP contribution >= 0.6 is 0 Å². The molecule has 1 aliphatic rings. The summed E-state index contributed by atoms with van der Waals surface area (Å²) in [4.78, 5) is 12.1. The van der Waals surface area contributed by atoms with Gasteiger partial charge in [0.15, 0.2) is 0 Å². The second kappa shape index (κ2) is 8.17. The van der Waals surface area contributed by atoms with Crippen molar-refractivity contribution >= 4 is 17.3 Å². The molecule has 1 aliphatic carbocycles. The predicted octanol–water partition coefficient (Wildman–Crippen LogP) is 4.13. The van der Waals surface area contributed by atoms with Gasteiger partial charge in [0.1, 0.15) is 0 Å². The number of anilines is 1. The lowest BCUT2D eigenvalue weighted by molar-refractivity contribution is -0.119. The number of aryl methyl sites for hydroxylation is 4. The summed E-state index contributed by atoms with van der Waals surface area (Å²) in [6, 6.07) is 12.6. The molecule has 2 N–H and O–H groups in total. The minimum absolute atomic E-state index is 0.148. The van der Waals surface area contributed by atoms with Gasteiger partial charge < -0.3 is 5.32 Å². The molecular weight excluding hydrogens is 322 g/mol. The maximum atomic E-state index is 12.1. The molecule has 0 radical (unpaired) electrons. The summed E-state index contributed by atoms with van der Waals surface area (Å²) in [5.74, 6) is -0.148. The van der Waals surface area contributed by atoms with E-state index in [0.29, 0.717) is 0 Å². The van der Waals surface area contributed by atoms with E-state index in [1.165, 1.54) is 30.4 Å². The lowest BCUT2D eigenvalue weighted by Gasteiger charge is -2.16. The minimum atomic E-state index is -0.148. The van der Waals surface area contributed by atoms with E-state index >= 15 is 0 Å². The molecule has 3 rings (SSSR count). The Kier molecular flexibility index (Phi) is 5.71. The predicted molar refractivity (Wildman–Crippen MR) is 108 cm³/mol. The number of benzene rings is 2. The Morgan fingerprint density at radius 1 is 1.04 bits per heavy atom. The highest BCUT2D eigenvalue weighted by molar-refractivity contribution is 5.99. The molecule has 2 aromatic carbocycles. The van der Waals surface area contributed by atoms with Crippen LogP contribution < -0.4 is 10.7 Å². The molecule has 0 aliphatic heterocycles. The monoisotopic (exact) mass is 349 g/mol. The molecule has 2 aromatic rings. The second-order valence-corrected chi connectivity index (χ2v) is 7.04. The maximum Gasteiger partial charge on any atom is 0.259 e. The Bertz CT molecular complexity index is 819. The smallest absolute Gasteiger partial charge is 0.259 e. The first-order valence-corrected chi connectivity index (χ1v) is 9.30. The fourth-order valence-corrected chi connectivity index (χ4v) is 3.47. The zero-order valence-electron chi connectivity index (χ0n) is 15.9. The molecule has 26 heavy (non-hydrogen) atoms. The molecule has 0 atom stereocenters. The first-order valence-electron chi connectivity index (χ1n) is 9.30. The summed E-state index contributed by atoms with van der Waals surface area (Å²) < 4.78 is 0. The van der Waals surface area contributed by atoms with Gasteiger partial charge in [-0.15, -0.1) is 0 Å². The fourth-order valence-electron chi connectivity index (χ4n) is 3.47. The zero-order valence-corrected chi connectivity index (χ0v) is 15.9. The molecule has 0 saturated carbocycles. The van der Waals surface area contributed by atoms with E-state index < -0.39 is 0 Å². The normalized spacial score (nSPS) is 13.9. The van der Waals surface area contributed by atoms with E-state index in [1.54, 1.807) is 0 Å². The number of hydrazone groups is 1. The van der Waals surface area contributed by atoms with Gasteiger partial charge in [-0.25, -0.2) is 5.43 Å². The average Bonchev–Trinajstić information content (AvgIpc) is 2.65. The van der Waals surface area contributed by atoms with Gasteiger partial charge in [-0.3, -0.25) is 4.79 Å². The maximum absolute atomic E-state index is 12.1. The Labute approximate surface area is 155 Å². The van der Waals surface area contributed by atoms with E-state index in [4.69, 9.17) is 0 Å². The summed E-state index contributed by atoms with van der Waals surface area (Å²) in [5, 5.41) is 7.48. The number of fused-ring (bicyclic) bond motifs is 1. The minimum Gasteiger partial charge on any atom is -0.376 e. The van der Waals surface area contributed by atoms with Crippen molar-refractivity contribution in [2.24, 2.45) is 5.10 Å². The zero-order chi connectivity index (χ0) is 18.5. The summed E-state index contributed by atoms with van der Waals surface area (Å²) in [6.07, 6.45) is 4.85. The van der Waals surface area contributed by atoms with Gasteiger partial charge in [0.25, 0.3) is 5.91 Å². The van der Waals surface area contributed by atoms with Crippen LogP contribution in [0.25, 0.3) is 0 Å². The number of para-hydroxylation sites is 1. The van der Waals surface area contributed by atoms with Crippen molar-refractivity contribution in [3.63, 3.8) is 0 Å². The summed E-state index contributed by atoms with van der Waals surface area (Å²) >= 11 is 0. The van der Waals surface area contributed by atoms with Crippen LogP contribution in [0, 0.1) is 13.8 Å². The van der Waals surface area contributed by atoms with Crippen LogP contribution in [-0.2, 0) is 17.6 Å². The number of hydrogen-bond donors (Lipinski definition) is 2. The van der Waals surface area contributed by atoms with Crippen molar-refractivity contribution in [2.75, 3.05) is 11.9 Å². The molecule has 0 heterocycles. The molecule has 0 bridgehead atoms. The molecule has 4 heteroatoms. The first kappa shape index (κ1) is 18.2. The lowest BCUT2D eigenvalue weighted by atomic mass is 9.90. The highest BCUT2D eigenvalue weighted by Crippen LogP contribution is 2.22. The van der Waals surface area contributed by atoms with Crippen molar-refractivity contribution in [3.8, 4) is 0 Å². The molecule has 1 amide bonds. The first-order chi connectivity index (χ1) is 12.5. The van der Waals surface area contributed by atoms with Gasteiger partial charge in [0, 0.05) is 5.69 Å². The van der Waals surface area contributed by atoms with E-state index in [2.05, 4.69) is 34.0 Å². The lowest BCUT2D eigenvalue weighted by Crippen LogP contribution is -2.27. The van der Waals surface area contributed by atoms with Crippen molar-refractivity contribution in [2.45, 2.75) is 46.5 Å². The molecule has 0 saturated heterocycles. The van der Waals surface area contributed by atoms with Crippen LogP contribution in [0.3, 0.4) is 0 Å². The number of nitrogens with one attached hydrogen (secondary N) is 2. The van der Waals surface area contributed by atoms with E-state index in [9.17, 15) is 4.79 Å². The Balaban J connectivity index is 1.59. The summed E-state index contributed by atoms with van der Waals surface area (Å²) in [5.41, 5.74) is 10.7. The fraction of sp³-hybridized carbons (Fsp3) is 0.364. The van der Waals surface area contributed by atoms with Gasteiger partial charge in [0.2, 0.25) is 0 Å². The van der Waals surface area contributed by atoms with E-state index in [-0.39, 0.29) is 12.5 Å². The Hall–Kier alpha value is -2.62. The number of carbonyl (C=O) groups excluding carboxylic acids is 1. The summed E-state index contributed by atoms with van der Waals surface area (Å²) in [6.45, 7) is 6.20. The van der Waals surface area contributed by atoms with Gasteiger partial charge >= 0.3 is 0 Å². The molecular formula is C22H27N3O. The second-order valence-electron chi connectivity index (χ2n) is 7.04. The van der Waals surface area contributed by atoms with E-state index in [1.807, 2.05) is 39.0 Å². The number of nitrogens with zero attached hydrogens (tertiary/aromatic N) is 1. The van der Waals surface area contributed by atoms with Gasteiger partial charge in [0.05, 0.1) is 12.3 Å². The van der Waals surface area contributed by atoms with Crippen molar-refractivity contribution in [1.29, 1.82) is 0 Å². The highest BCUT2D eigenvalue weighted by Gasteiger charge is 2.11. The van der Waals surface area contributed by atoms with Crippen molar-refractivity contribution in [3.05, 3.63) is 64.2 Å². The molecule has 136 valence electrons. The average molecular weight is 349 g/mol. The number of hydrogen-bond acceptors (Lipinski definition) is 3. The molecule has 4 nitrogen and oxygen atoms in total. The third kappa shape index (κ3) is 4.31. The van der Waals surface area contributed by atoms with Gasteiger partial charge in [-0.05, 0) is 80.3 Å². The van der Waals surface area contributed by atoms with Gasteiger partial charge in [-0.2, -0.15) is 5.10 Å². The molecule has 0 spiro atoms. The quantitative estimate of drug-likeness (QED) is 0.630. The highest BCUT2D eigenvalue weighted by atomic mass is 16.2. The Morgan fingerprint density at radius 2 is 1.73 bits per heavy atom. The number of carbonyl (C=O) groups is 1. The standard InChI is InChI=1S/C22H27N3O/c1-15-7-6-8-16(2)22(15)23-14-21(26)25-24-17(3)19-12-11-18-9-4-5-10-20(18)13-19/h6-8,11-13,23H,4-5,9-10,14H2,1-3H3,(H,25,26)/b24-17-. The molecule has 0 unspecified atom stereocenters. The number of amides is 1.